The fraction of sp³-hybridized carbons (Fsp3) is 0.273. The quantitative estimate of drug-likeness (QED) is 0.385. The molecule has 33 heavy (non-hydrogen) atoms. The fourth-order valence-corrected chi connectivity index (χ4v) is 3.14. The predicted molar refractivity (Wildman–Crippen MR) is 120 cm³/mol. The lowest BCUT2D eigenvalue weighted by atomic mass is 10.1. The molecule has 172 valence electrons. The van der Waals surface area contributed by atoms with Gasteiger partial charge in [0.2, 0.25) is 5.91 Å². The Bertz CT molecular complexity index is 1240. The van der Waals surface area contributed by atoms with Gasteiger partial charge in [-0.2, -0.15) is 4.68 Å². The van der Waals surface area contributed by atoms with Crippen molar-refractivity contribution in [2.24, 2.45) is 5.92 Å². The highest BCUT2D eigenvalue weighted by molar-refractivity contribution is 5.92. The average Bonchev–Trinajstić information content (AvgIpc) is 3.11. The normalized spacial score (nSPS) is 11.6. The highest BCUT2D eigenvalue weighted by atomic mass is 16.6. The minimum absolute atomic E-state index is 0.103. The number of benzene rings is 2. The van der Waals surface area contributed by atoms with E-state index in [1.165, 1.54) is 28.9 Å². The van der Waals surface area contributed by atoms with Crippen LogP contribution in [-0.4, -0.2) is 25.5 Å². The number of aromatic nitrogens is 2. The number of nitro groups is 2. The highest BCUT2D eigenvalue weighted by Gasteiger charge is 2.22. The number of nitrogens with one attached hydrogen (secondary N) is 1. The number of nitrogens with zero attached hydrogens (tertiary/aromatic N) is 4. The van der Waals surface area contributed by atoms with Crippen LogP contribution in [0.2, 0.25) is 0 Å². The smallest absolute Gasteiger partial charge is 0.390 e. The van der Waals surface area contributed by atoms with E-state index in [1.54, 1.807) is 13.8 Å². The zero-order valence-electron chi connectivity index (χ0n) is 18.6. The third-order valence-corrected chi connectivity index (χ3v) is 4.99. The molecule has 1 amide bonds. The van der Waals surface area contributed by atoms with E-state index in [0.717, 1.165) is 11.1 Å². The van der Waals surface area contributed by atoms with Gasteiger partial charge in [-0.25, -0.2) is 0 Å². The van der Waals surface area contributed by atoms with Crippen molar-refractivity contribution in [2.45, 2.75) is 34.2 Å². The Morgan fingerprint density at radius 2 is 1.82 bits per heavy atom. The van der Waals surface area contributed by atoms with Crippen LogP contribution in [0.4, 0.5) is 17.2 Å². The molecule has 0 bridgehead atoms. The number of aryl methyl sites for hydroxylation is 3. The molecule has 0 radical (unpaired) electrons. The van der Waals surface area contributed by atoms with E-state index in [9.17, 15) is 25.0 Å². The van der Waals surface area contributed by atoms with Crippen molar-refractivity contribution >= 4 is 23.1 Å². The number of non-ortho nitro benzene ring substituents is 1. The summed E-state index contributed by atoms with van der Waals surface area (Å²) in [7, 11) is 0. The van der Waals surface area contributed by atoms with E-state index in [2.05, 4.69) is 10.4 Å². The van der Waals surface area contributed by atoms with Gasteiger partial charge in [0.15, 0.2) is 0 Å². The Kier molecular flexibility index (Phi) is 6.71. The van der Waals surface area contributed by atoms with Crippen molar-refractivity contribution in [3.05, 3.63) is 79.5 Å². The first-order valence-corrected chi connectivity index (χ1v) is 10.1. The van der Waals surface area contributed by atoms with Crippen molar-refractivity contribution in [3.8, 4) is 11.5 Å². The summed E-state index contributed by atoms with van der Waals surface area (Å²) in [4.78, 5) is 33.9. The van der Waals surface area contributed by atoms with E-state index in [1.807, 2.05) is 32.0 Å². The monoisotopic (exact) mass is 453 g/mol. The topological polar surface area (TPSA) is 142 Å². The van der Waals surface area contributed by atoms with Crippen molar-refractivity contribution in [1.82, 2.24) is 9.78 Å². The number of rotatable bonds is 8. The summed E-state index contributed by atoms with van der Waals surface area (Å²) < 4.78 is 7.25. The SMILES string of the molecule is Cc1ccc(C)c(Oc2cc(NC(=O)C(C)Cn3nc([N+](=O)[O-])cc3C)cc([N+](=O)[O-])c2)c1. The van der Waals surface area contributed by atoms with E-state index in [4.69, 9.17) is 4.74 Å². The maximum Gasteiger partial charge on any atom is 0.390 e. The van der Waals surface area contributed by atoms with E-state index in [0.29, 0.717) is 11.4 Å². The summed E-state index contributed by atoms with van der Waals surface area (Å²) in [6, 6.07) is 11.0. The number of hydrogen-bond acceptors (Lipinski definition) is 7. The maximum absolute atomic E-state index is 12.7. The molecular formula is C22H23N5O6. The summed E-state index contributed by atoms with van der Waals surface area (Å²) in [6.07, 6.45) is 0. The Hall–Kier alpha value is -4.28. The minimum Gasteiger partial charge on any atom is -0.457 e. The summed E-state index contributed by atoms with van der Waals surface area (Å²) >= 11 is 0. The lowest BCUT2D eigenvalue weighted by molar-refractivity contribution is -0.389. The molecule has 3 rings (SSSR count). The molecule has 0 spiro atoms. The number of ether oxygens (including phenoxy) is 1. The van der Waals surface area contributed by atoms with Gasteiger partial charge in [0.25, 0.3) is 5.69 Å². The van der Waals surface area contributed by atoms with Gasteiger partial charge in [-0.1, -0.05) is 19.1 Å². The zero-order chi connectivity index (χ0) is 24.3. The summed E-state index contributed by atoms with van der Waals surface area (Å²) in [5.41, 5.74) is 2.33. The molecule has 2 aromatic carbocycles. The Morgan fingerprint density at radius 1 is 1.09 bits per heavy atom. The number of carbonyl (C=O) groups is 1. The average molecular weight is 453 g/mol. The van der Waals surface area contributed by atoms with Crippen LogP contribution in [0.25, 0.3) is 0 Å². The van der Waals surface area contributed by atoms with Crippen LogP contribution in [0.1, 0.15) is 23.7 Å². The van der Waals surface area contributed by atoms with Crippen LogP contribution < -0.4 is 10.1 Å². The van der Waals surface area contributed by atoms with Crippen LogP contribution in [0.5, 0.6) is 11.5 Å². The number of nitro benzene ring substituents is 1. The van der Waals surface area contributed by atoms with Crippen molar-refractivity contribution in [1.29, 1.82) is 0 Å². The first kappa shape index (κ1) is 23.4. The van der Waals surface area contributed by atoms with Crippen molar-refractivity contribution in [3.63, 3.8) is 0 Å². The lowest BCUT2D eigenvalue weighted by Crippen LogP contribution is -2.25. The molecule has 0 fully saturated rings. The highest BCUT2D eigenvalue weighted by Crippen LogP contribution is 2.32. The second kappa shape index (κ2) is 9.47. The number of anilines is 1. The largest absolute Gasteiger partial charge is 0.457 e. The van der Waals surface area contributed by atoms with Gasteiger partial charge in [-0.15, -0.1) is 0 Å². The molecule has 3 aromatic rings. The molecule has 0 saturated carbocycles. The van der Waals surface area contributed by atoms with Crippen LogP contribution in [0, 0.1) is 46.9 Å². The van der Waals surface area contributed by atoms with Gasteiger partial charge in [0, 0.05) is 12.1 Å². The Balaban J connectivity index is 1.80. The van der Waals surface area contributed by atoms with Crippen LogP contribution in [0.3, 0.4) is 0 Å². The second-order valence-electron chi connectivity index (χ2n) is 7.82. The number of amides is 1. The molecule has 11 heteroatoms. The minimum atomic E-state index is -0.620. The Morgan fingerprint density at radius 3 is 2.45 bits per heavy atom. The summed E-state index contributed by atoms with van der Waals surface area (Å²) in [6.45, 7) is 7.16. The fourth-order valence-electron chi connectivity index (χ4n) is 3.14. The van der Waals surface area contributed by atoms with Crippen LogP contribution in [-0.2, 0) is 11.3 Å². The molecule has 1 heterocycles. The van der Waals surface area contributed by atoms with Gasteiger partial charge >= 0.3 is 5.82 Å². The van der Waals surface area contributed by atoms with E-state index >= 15 is 0 Å². The van der Waals surface area contributed by atoms with Crippen molar-refractivity contribution < 1.29 is 19.4 Å². The van der Waals surface area contributed by atoms with Gasteiger partial charge < -0.3 is 20.2 Å². The van der Waals surface area contributed by atoms with Crippen LogP contribution >= 0.6 is 0 Å². The molecule has 1 unspecified atom stereocenters. The summed E-state index contributed by atoms with van der Waals surface area (Å²) in [5, 5.41) is 28.8. The first-order chi connectivity index (χ1) is 15.5. The zero-order valence-corrected chi connectivity index (χ0v) is 18.6. The molecular weight excluding hydrogens is 430 g/mol. The van der Waals surface area contributed by atoms with Gasteiger partial charge in [0.1, 0.15) is 11.5 Å². The third kappa shape index (κ3) is 5.70. The molecule has 11 nitrogen and oxygen atoms in total. The van der Waals surface area contributed by atoms with Gasteiger partial charge in [-0.3, -0.25) is 14.9 Å². The molecule has 0 saturated heterocycles. The van der Waals surface area contributed by atoms with Gasteiger partial charge in [0.05, 0.1) is 46.0 Å². The maximum atomic E-state index is 12.7. The van der Waals surface area contributed by atoms with Crippen LogP contribution in [0.15, 0.2) is 42.5 Å². The van der Waals surface area contributed by atoms with Crippen molar-refractivity contribution in [2.75, 3.05) is 5.32 Å². The third-order valence-electron chi connectivity index (χ3n) is 4.99. The predicted octanol–water partition coefficient (Wildman–Crippen LogP) is 4.69. The molecule has 1 N–H and O–H groups in total. The Labute approximate surface area is 189 Å². The first-order valence-electron chi connectivity index (χ1n) is 10.1. The lowest BCUT2D eigenvalue weighted by Gasteiger charge is -2.14. The standard InChI is InChI=1S/C22H23N5O6/c1-13-5-6-14(2)20(7-13)33-19-10-17(9-18(11-19)26(29)30)23-22(28)15(3)12-25-16(4)8-21(24-25)27(31)32/h5-11,15H,12H2,1-4H3,(H,23,28). The molecule has 0 aliphatic carbocycles. The molecule has 1 aromatic heterocycles. The summed E-state index contributed by atoms with van der Waals surface area (Å²) in [5.74, 6) is -0.583. The van der Waals surface area contributed by atoms with E-state index < -0.39 is 21.7 Å². The van der Waals surface area contributed by atoms with Gasteiger partial charge in [-0.05, 0) is 42.9 Å². The molecule has 1 atom stereocenters. The molecule has 0 aliphatic rings. The molecule has 0 aliphatic heterocycles. The number of hydrogen-bond donors (Lipinski definition) is 1. The van der Waals surface area contributed by atoms with E-state index in [-0.39, 0.29) is 29.5 Å². The second-order valence-corrected chi connectivity index (χ2v) is 7.82. The number of carbonyl (C=O) groups excluding carboxylic acids is 1.